The molecule has 2 nitrogen and oxygen atoms in total. The Hall–Kier alpha value is -1.09. The van der Waals surface area contributed by atoms with Crippen LogP contribution in [0.3, 0.4) is 0 Å². The molecule has 0 aromatic heterocycles. The molecule has 1 rings (SSSR count). The van der Waals surface area contributed by atoms with Gasteiger partial charge in [-0.1, -0.05) is 13.8 Å². The molecule has 1 aromatic carbocycles. The van der Waals surface area contributed by atoms with Gasteiger partial charge < -0.3 is 9.84 Å². The highest BCUT2D eigenvalue weighted by atomic mass is 19.1. The number of hydrogen-bond donors (Lipinski definition) is 1. The zero-order valence-electron chi connectivity index (χ0n) is 9.33. The average Bonchev–Trinajstić information content (AvgIpc) is 2.16. The van der Waals surface area contributed by atoms with E-state index >= 15 is 0 Å². The zero-order chi connectivity index (χ0) is 11.4. The van der Waals surface area contributed by atoms with E-state index in [2.05, 4.69) is 0 Å². The molecule has 1 atom stereocenters. The lowest BCUT2D eigenvalue weighted by Gasteiger charge is -2.16. The first-order chi connectivity index (χ1) is 7.04. The number of rotatable bonds is 4. The third kappa shape index (κ3) is 3.20. The molecule has 0 heterocycles. The van der Waals surface area contributed by atoms with Gasteiger partial charge in [-0.3, -0.25) is 0 Å². The van der Waals surface area contributed by atoms with Gasteiger partial charge in [0.25, 0.3) is 0 Å². The molecule has 0 aliphatic heterocycles. The molecule has 0 saturated carbocycles. The predicted octanol–water partition coefficient (Wildman–Crippen LogP) is 2.91. The number of aliphatic hydroxyl groups excluding tert-OH is 1. The number of ether oxygens (including phenoxy) is 1. The van der Waals surface area contributed by atoms with Crippen LogP contribution in [0.1, 0.15) is 31.9 Å². The Morgan fingerprint density at radius 3 is 2.60 bits per heavy atom. The summed E-state index contributed by atoms with van der Waals surface area (Å²) in [6.45, 7) is 4.02. The molecule has 0 saturated heterocycles. The Labute approximate surface area is 89.7 Å². The van der Waals surface area contributed by atoms with Crippen molar-refractivity contribution >= 4 is 0 Å². The lowest BCUT2D eigenvalue weighted by molar-refractivity contribution is 0.147. The Balaban J connectivity index is 2.94. The van der Waals surface area contributed by atoms with Crippen molar-refractivity contribution in [1.29, 1.82) is 0 Å². The van der Waals surface area contributed by atoms with Crippen molar-refractivity contribution < 1.29 is 14.2 Å². The quantitative estimate of drug-likeness (QED) is 0.831. The first-order valence-electron chi connectivity index (χ1n) is 5.06. The van der Waals surface area contributed by atoms with E-state index in [-0.39, 0.29) is 5.82 Å². The minimum atomic E-state index is -0.671. The molecule has 0 bridgehead atoms. The van der Waals surface area contributed by atoms with Crippen LogP contribution in [0.4, 0.5) is 4.39 Å². The predicted molar refractivity (Wildman–Crippen MR) is 57.4 cm³/mol. The number of hydrogen-bond acceptors (Lipinski definition) is 2. The fraction of sp³-hybridized carbons (Fsp3) is 0.500. The van der Waals surface area contributed by atoms with E-state index in [4.69, 9.17) is 4.74 Å². The van der Waals surface area contributed by atoms with Crippen molar-refractivity contribution in [2.45, 2.75) is 26.4 Å². The molecular formula is C12H17FO2. The van der Waals surface area contributed by atoms with Crippen LogP contribution in [-0.4, -0.2) is 12.2 Å². The molecule has 0 amide bonds. The van der Waals surface area contributed by atoms with Crippen molar-refractivity contribution in [3.8, 4) is 5.75 Å². The van der Waals surface area contributed by atoms with Crippen LogP contribution in [-0.2, 0) is 0 Å². The Kier molecular flexibility index (Phi) is 4.09. The summed E-state index contributed by atoms with van der Waals surface area (Å²) in [7, 11) is 1.51. The fourth-order valence-corrected chi connectivity index (χ4v) is 1.54. The molecular weight excluding hydrogens is 195 g/mol. The standard InChI is InChI=1S/C12H17FO2/c1-8(2)6-11(14)10-7-9(13)4-5-12(10)15-3/h4-5,7-8,11,14H,6H2,1-3H3. The van der Waals surface area contributed by atoms with Crippen LogP contribution in [0.5, 0.6) is 5.75 Å². The third-order valence-electron chi connectivity index (χ3n) is 2.25. The van der Waals surface area contributed by atoms with Gasteiger partial charge in [-0.2, -0.15) is 0 Å². The minimum absolute atomic E-state index is 0.353. The maximum absolute atomic E-state index is 13.0. The van der Waals surface area contributed by atoms with Crippen LogP contribution in [0.25, 0.3) is 0 Å². The van der Waals surface area contributed by atoms with Gasteiger partial charge in [0.05, 0.1) is 13.2 Å². The largest absolute Gasteiger partial charge is 0.496 e. The number of halogens is 1. The first kappa shape index (κ1) is 12.0. The van der Waals surface area contributed by atoms with E-state index < -0.39 is 6.10 Å². The molecule has 3 heteroatoms. The molecule has 1 N–H and O–H groups in total. The Bertz CT molecular complexity index is 323. The summed E-state index contributed by atoms with van der Waals surface area (Å²) in [5.41, 5.74) is 0.520. The average molecular weight is 212 g/mol. The van der Waals surface area contributed by atoms with E-state index in [1.807, 2.05) is 13.8 Å². The van der Waals surface area contributed by atoms with Gasteiger partial charge >= 0.3 is 0 Å². The van der Waals surface area contributed by atoms with Crippen LogP contribution in [0, 0.1) is 11.7 Å². The van der Waals surface area contributed by atoms with E-state index in [1.165, 1.54) is 25.3 Å². The molecule has 0 radical (unpaired) electrons. The molecule has 1 unspecified atom stereocenters. The summed E-state index contributed by atoms with van der Waals surface area (Å²) in [6, 6.07) is 4.19. The summed E-state index contributed by atoms with van der Waals surface area (Å²) in [5.74, 6) is 0.533. The summed E-state index contributed by atoms with van der Waals surface area (Å²) in [4.78, 5) is 0. The molecule has 0 aliphatic carbocycles. The van der Waals surface area contributed by atoms with Crippen molar-refractivity contribution in [1.82, 2.24) is 0 Å². The molecule has 15 heavy (non-hydrogen) atoms. The third-order valence-corrected chi connectivity index (χ3v) is 2.25. The van der Waals surface area contributed by atoms with Crippen LogP contribution in [0.15, 0.2) is 18.2 Å². The highest BCUT2D eigenvalue weighted by Crippen LogP contribution is 2.29. The summed E-state index contributed by atoms with van der Waals surface area (Å²) in [6.07, 6.45) is -0.0737. The maximum Gasteiger partial charge on any atom is 0.124 e. The summed E-state index contributed by atoms with van der Waals surface area (Å²) in [5, 5.41) is 9.88. The second-order valence-corrected chi connectivity index (χ2v) is 4.03. The Morgan fingerprint density at radius 2 is 2.07 bits per heavy atom. The summed E-state index contributed by atoms with van der Waals surface area (Å²) >= 11 is 0. The molecule has 84 valence electrons. The lowest BCUT2D eigenvalue weighted by atomic mass is 9.99. The monoisotopic (exact) mass is 212 g/mol. The fourth-order valence-electron chi connectivity index (χ4n) is 1.54. The molecule has 0 aliphatic rings. The van der Waals surface area contributed by atoms with Gasteiger partial charge in [-0.15, -0.1) is 0 Å². The highest BCUT2D eigenvalue weighted by Gasteiger charge is 2.15. The molecule has 1 aromatic rings. The molecule has 0 spiro atoms. The number of methoxy groups -OCH3 is 1. The normalized spacial score (nSPS) is 12.9. The van der Waals surface area contributed by atoms with Gasteiger partial charge in [0.2, 0.25) is 0 Å². The topological polar surface area (TPSA) is 29.5 Å². The second-order valence-electron chi connectivity index (χ2n) is 4.03. The van der Waals surface area contributed by atoms with E-state index in [9.17, 15) is 9.50 Å². The summed E-state index contributed by atoms with van der Waals surface area (Å²) < 4.78 is 18.1. The minimum Gasteiger partial charge on any atom is -0.496 e. The van der Waals surface area contributed by atoms with Gasteiger partial charge in [0.15, 0.2) is 0 Å². The van der Waals surface area contributed by atoms with Crippen molar-refractivity contribution in [3.05, 3.63) is 29.6 Å². The number of aliphatic hydroxyl groups is 1. The van der Waals surface area contributed by atoms with Gasteiger partial charge in [-0.05, 0) is 30.5 Å². The maximum atomic E-state index is 13.0. The number of benzene rings is 1. The SMILES string of the molecule is COc1ccc(F)cc1C(O)CC(C)C. The zero-order valence-corrected chi connectivity index (χ0v) is 9.33. The van der Waals surface area contributed by atoms with Gasteiger partial charge in [0, 0.05) is 5.56 Å². The van der Waals surface area contributed by atoms with E-state index in [1.54, 1.807) is 0 Å². The van der Waals surface area contributed by atoms with Crippen LogP contribution < -0.4 is 4.74 Å². The van der Waals surface area contributed by atoms with Crippen molar-refractivity contribution in [2.24, 2.45) is 5.92 Å². The first-order valence-corrected chi connectivity index (χ1v) is 5.06. The van der Waals surface area contributed by atoms with E-state index in [0.717, 1.165) is 0 Å². The highest BCUT2D eigenvalue weighted by molar-refractivity contribution is 5.35. The smallest absolute Gasteiger partial charge is 0.124 e. The Morgan fingerprint density at radius 1 is 1.40 bits per heavy atom. The molecule has 0 fully saturated rings. The van der Waals surface area contributed by atoms with Crippen LogP contribution >= 0.6 is 0 Å². The van der Waals surface area contributed by atoms with Gasteiger partial charge in [0.1, 0.15) is 11.6 Å². The van der Waals surface area contributed by atoms with Gasteiger partial charge in [-0.25, -0.2) is 4.39 Å². The lowest BCUT2D eigenvalue weighted by Crippen LogP contribution is -2.04. The van der Waals surface area contributed by atoms with Crippen molar-refractivity contribution in [2.75, 3.05) is 7.11 Å². The van der Waals surface area contributed by atoms with Crippen LogP contribution in [0.2, 0.25) is 0 Å². The van der Waals surface area contributed by atoms with E-state index in [0.29, 0.717) is 23.7 Å². The van der Waals surface area contributed by atoms with Crippen molar-refractivity contribution in [3.63, 3.8) is 0 Å². The second kappa shape index (κ2) is 5.12.